The molecule has 1 N–H and O–H groups in total. The Hall–Kier alpha value is -2.26. The third-order valence-electron chi connectivity index (χ3n) is 2.97. The first-order valence-corrected chi connectivity index (χ1v) is 9.07. The number of ether oxygens (including phenoxy) is 1. The molecule has 0 fully saturated rings. The lowest BCUT2D eigenvalue weighted by Gasteiger charge is -2.10. The summed E-state index contributed by atoms with van der Waals surface area (Å²) < 4.78 is 32.2. The van der Waals surface area contributed by atoms with Gasteiger partial charge in [0.1, 0.15) is 5.75 Å². The van der Waals surface area contributed by atoms with E-state index in [1.54, 1.807) is 18.2 Å². The van der Waals surface area contributed by atoms with Crippen LogP contribution in [0, 0.1) is 10.1 Å². The van der Waals surface area contributed by atoms with Crippen LogP contribution in [0.2, 0.25) is 0 Å². The Morgan fingerprint density at radius 1 is 1.22 bits per heavy atom. The molecule has 0 unspecified atom stereocenters. The molecular weight excluding hydrogens is 340 g/mol. The maximum atomic E-state index is 12.5. The van der Waals surface area contributed by atoms with Gasteiger partial charge in [0.15, 0.2) is 4.90 Å². The molecule has 7 nitrogen and oxygen atoms in total. The SMILES string of the molecule is COc1ccc(S(=O)(=O)Nc2cccc(SC)c2)c([N+](=O)[O-])c1. The lowest BCUT2D eigenvalue weighted by molar-refractivity contribution is -0.387. The fourth-order valence-corrected chi connectivity index (χ4v) is 3.55. The van der Waals surface area contributed by atoms with Crippen LogP contribution in [0.5, 0.6) is 5.75 Å². The molecule has 2 rings (SSSR count). The number of nitro groups is 1. The van der Waals surface area contributed by atoms with Gasteiger partial charge in [0.2, 0.25) is 0 Å². The van der Waals surface area contributed by atoms with E-state index in [1.807, 2.05) is 12.3 Å². The van der Waals surface area contributed by atoms with Crippen LogP contribution in [0.4, 0.5) is 11.4 Å². The summed E-state index contributed by atoms with van der Waals surface area (Å²) in [5.74, 6) is 0.208. The van der Waals surface area contributed by atoms with Crippen LogP contribution in [0.1, 0.15) is 0 Å². The predicted molar refractivity (Wildman–Crippen MR) is 88.7 cm³/mol. The molecule has 0 amide bonds. The van der Waals surface area contributed by atoms with Crippen LogP contribution in [0.25, 0.3) is 0 Å². The maximum Gasteiger partial charge on any atom is 0.293 e. The van der Waals surface area contributed by atoms with Gasteiger partial charge in [-0.15, -0.1) is 11.8 Å². The molecule has 0 heterocycles. The van der Waals surface area contributed by atoms with E-state index < -0.39 is 25.5 Å². The number of nitrogens with one attached hydrogen (secondary N) is 1. The second-order valence-corrected chi connectivity index (χ2v) is 6.96. The van der Waals surface area contributed by atoms with Crippen LogP contribution in [-0.4, -0.2) is 26.7 Å². The van der Waals surface area contributed by atoms with Crippen molar-refractivity contribution in [2.24, 2.45) is 0 Å². The number of rotatable bonds is 6. The Labute approximate surface area is 137 Å². The fourth-order valence-electron chi connectivity index (χ4n) is 1.89. The molecule has 2 aromatic rings. The summed E-state index contributed by atoms with van der Waals surface area (Å²) in [6.07, 6.45) is 1.86. The van der Waals surface area contributed by atoms with Crippen molar-refractivity contribution >= 4 is 33.2 Å². The number of nitrogens with zero attached hydrogens (tertiary/aromatic N) is 1. The van der Waals surface area contributed by atoms with Crippen molar-refractivity contribution in [3.63, 3.8) is 0 Å². The largest absolute Gasteiger partial charge is 0.497 e. The van der Waals surface area contributed by atoms with Crippen molar-refractivity contribution < 1.29 is 18.1 Å². The highest BCUT2D eigenvalue weighted by atomic mass is 32.2. The molecule has 0 spiro atoms. The van der Waals surface area contributed by atoms with Gasteiger partial charge in [0.05, 0.1) is 18.1 Å². The van der Waals surface area contributed by atoms with Gasteiger partial charge in [0.25, 0.3) is 15.7 Å². The van der Waals surface area contributed by atoms with Gasteiger partial charge < -0.3 is 4.74 Å². The number of hydrogen-bond donors (Lipinski definition) is 1. The molecule has 9 heteroatoms. The zero-order valence-corrected chi connectivity index (χ0v) is 14.0. The maximum absolute atomic E-state index is 12.5. The third-order valence-corrected chi connectivity index (χ3v) is 5.13. The number of methoxy groups -OCH3 is 1. The average molecular weight is 354 g/mol. The Kier molecular flexibility index (Phi) is 5.12. The van der Waals surface area contributed by atoms with Crippen molar-refractivity contribution in [1.82, 2.24) is 0 Å². The first kappa shape index (κ1) is 17.1. The molecule has 0 aromatic heterocycles. The highest BCUT2D eigenvalue weighted by Gasteiger charge is 2.26. The van der Waals surface area contributed by atoms with E-state index in [2.05, 4.69) is 4.72 Å². The van der Waals surface area contributed by atoms with Crippen LogP contribution < -0.4 is 9.46 Å². The van der Waals surface area contributed by atoms with Crippen molar-refractivity contribution in [3.8, 4) is 5.75 Å². The molecule has 0 aliphatic heterocycles. The standard InChI is InChI=1S/C14H14N2O5S2/c1-21-11-6-7-14(13(9-11)16(17)18)23(19,20)15-10-4-3-5-12(8-10)22-2/h3-9,15H,1-2H3. The van der Waals surface area contributed by atoms with Gasteiger partial charge in [-0.25, -0.2) is 8.42 Å². The lowest BCUT2D eigenvalue weighted by Crippen LogP contribution is -2.14. The first-order chi connectivity index (χ1) is 10.9. The minimum Gasteiger partial charge on any atom is -0.497 e. The Morgan fingerprint density at radius 3 is 2.57 bits per heavy atom. The van der Waals surface area contributed by atoms with Crippen LogP contribution in [0.3, 0.4) is 0 Å². The molecule has 0 radical (unpaired) electrons. The van der Waals surface area contributed by atoms with E-state index >= 15 is 0 Å². The topological polar surface area (TPSA) is 98.5 Å². The predicted octanol–water partition coefficient (Wildman–Crippen LogP) is 3.13. The molecule has 23 heavy (non-hydrogen) atoms. The molecule has 0 bridgehead atoms. The van der Waals surface area contributed by atoms with Crippen LogP contribution in [-0.2, 0) is 10.0 Å². The van der Waals surface area contributed by atoms with E-state index in [1.165, 1.54) is 24.9 Å². The van der Waals surface area contributed by atoms with Gasteiger partial charge in [-0.3, -0.25) is 14.8 Å². The molecule has 0 aliphatic carbocycles. The average Bonchev–Trinajstić information content (AvgIpc) is 2.53. The summed E-state index contributed by atoms with van der Waals surface area (Å²) in [6.45, 7) is 0. The molecule has 0 saturated heterocycles. The second kappa shape index (κ2) is 6.88. The summed E-state index contributed by atoms with van der Waals surface area (Å²) in [4.78, 5) is 10.8. The number of hydrogen-bond acceptors (Lipinski definition) is 6. The zero-order chi connectivity index (χ0) is 17.0. The van der Waals surface area contributed by atoms with Gasteiger partial charge in [-0.05, 0) is 36.6 Å². The van der Waals surface area contributed by atoms with Crippen molar-refractivity contribution in [2.45, 2.75) is 9.79 Å². The Morgan fingerprint density at radius 2 is 1.96 bits per heavy atom. The van der Waals surface area contributed by atoms with Crippen molar-refractivity contribution in [1.29, 1.82) is 0 Å². The monoisotopic (exact) mass is 354 g/mol. The third kappa shape index (κ3) is 3.93. The highest BCUT2D eigenvalue weighted by Crippen LogP contribution is 2.30. The highest BCUT2D eigenvalue weighted by molar-refractivity contribution is 7.98. The van der Waals surface area contributed by atoms with E-state index in [0.717, 1.165) is 17.0 Å². The Bertz CT molecular complexity index is 837. The summed E-state index contributed by atoms with van der Waals surface area (Å²) >= 11 is 1.46. The number of benzene rings is 2. The zero-order valence-electron chi connectivity index (χ0n) is 12.3. The summed E-state index contributed by atoms with van der Waals surface area (Å²) in [6, 6.07) is 10.3. The lowest BCUT2D eigenvalue weighted by atomic mass is 10.3. The quantitative estimate of drug-likeness (QED) is 0.486. The first-order valence-electron chi connectivity index (χ1n) is 6.36. The van der Waals surface area contributed by atoms with Crippen molar-refractivity contribution in [2.75, 3.05) is 18.1 Å². The Balaban J connectivity index is 2.45. The number of anilines is 1. The van der Waals surface area contributed by atoms with Crippen LogP contribution in [0.15, 0.2) is 52.3 Å². The molecule has 2 aromatic carbocycles. The molecule has 0 aliphatic rings. The second-order valence-electron chi connectivity index (χ2n) is 4.43. The normalized spacial score (nSPS) is 11.0. The van der Waals surface area contributed by atoms with Crippen LogP contribution >= 0.6 is 11.8 Å². The number of thioether (sulfide) groups is 1. The number of sulfonamides is 1. The van der Waals surface area contributed by atoms with Gasteiger partial charge in [-0.1, -0.05) is 6.07 Å². The molecule has 0 atom stereocenters. The van der Waals surface area contributed by atoms with Gasteiger partial charge >= 0.3 is 0 Å². The smallest absolute Gasteiger partial charge is 0.293 e. The summed E-state index contributed by atoms with van der Waals surface area (Å²) in [7, 11) is -2.75. The number of nitro benzene ring substituents is 1. The van der Waals surface area contributed by atoms with Gasteiger partial charge in [0, 0.05) is 10.6 Å². The summed E-state index contributed by atoms with van der Waals surface area (Å²) in [5.41, 5.74) is -0.208. The van der Waals surface area contributed by atoms with E-state index in [0.29, 0.717) is 5.69 Å². The van der Waals surface area contributed by atoms with E-state index in [4.69, 9.17) is 4.74 Å². The van der Waals surface area contributed by atoms with E-state index in [9.17, 15) is 18.5 Å². The van der Waals surface area contributed by atoms with Gasteiger partial charge in [-0.2, -0.15) is 0 Å². The minimum atomic E-state index is -4.10. The molecular formula is C14H14N2O5S2. The van der Waals surface area contributed by atoms with E-state index in [-0.39, 0.29) is 5.75 Å². The minimum absolute atomic E-state index is 0.208. The summed E-state index contributed by atoms with van der Waals surface area (Å²) in [5, 5.41) is 11.1. The molecule has 122 valence electrons. The fraction of sp³-hybridized carbons (Fsp3) is 0.143. The van der Waals surface area contributed by atoms with Crippen molar-refractivity contribution in [3.05, 3.63) is 52.6 Å². The molecule has 0 saturated carbocycles.